The Balaban J connectivity index is 1.69. The molecule has 0 aliphatic heterocycles. The van der Waals surface area contributed by atoms with Crippen LogP contribution in [0.5, 0.6) is 0 Å². The number of benzene rings is 2. The van der Waals surface area contributed by atoms with E-state index in [4.69, 9.17) is 0 Å². The number of aliphatic hydroxyl groups is 2. The van der Waals surface area contributed by atoms with Crippen molar-refractivity contribution in [2.45, 2.75) is 19.5 Å². The highest BCUT2D eigenvalue weighted by Crippen LogP contribution is 2.52. The van der Waals surface area contributed by atoms with Crippen LogP contribution in [0.4, 0.5) is 0 Å². The molecule has 1 aliphatic carbocycles. The molecule has 0 bridgehead atoms. The maximum Gasteiger partial charge on any atom is 0.0512 e. The van der Waals surface area contributed by atoms with E-state index < -0.39 is 0 Å². The molecule has 0 heterocycles. The Hall–Kier alpha value is -1.68. The summed E-state index contributed by atoms with van der Waals surface area (Å²) < 4.78 is 0. The predicted octanol–water partition coefficient (Wildman–Crippen LogP) is 2.68. The molecule has 0 amide bonds. The van der Waals surface area contributed by atoms with E-state index in [-0.39, 0.29) is 18.6 Å². The predicted molar refractivity (Wildman–Crippen MR) is 91.7 cm³/mol. The van der Waals surface area contributed by atoms with Crippen molar-refractivity contribution >= 4 is 0 Å². The quantitative estimate of drug-likeness (QED) is 0.788. The summed E-state index contributed by atoms with van der Waals surface area (Å²) in [5.74, 6) is 0.380. The highest BCUT2D eigenvalue weighted by molar-refractivity contribution is 5.17. The molecule has 1 saturated carbocycles. The van der Waals surface area contributed by atoms with Gasteiger partial charge in [0.2, 0.25) is 0 Å². The van der Waals surface area contributed by atoms with Crippen molar-refractivity contribution in [3.05, 3.63) is 71.8 Å². The van der Waals surface area contributed by atoms with Crippen LogP contribution >= 0.6 is 0 Å². The molecule has 1 fully saturated rings. The Bertz CT molecular complexity index is 554. The van der Waals surface area contributed by atoms with Crippen LogP contribution in [0.2, 0.25) is 0 Å². The Morgan fingerprint density at radius 1 is 0.826 bits per heavy atom. The van der Waals surface area contributed by atoms with Crippen molar-refractivity contribution in [1.29, 1.82) is 0 Å². The number of hydrogen-bond donors (Lipinski definition) is 2. The standard InChI is InChI=1S/C20H25NO2/c22-15-20(16-23)11-19(20)14-21(12-17-7-3-1-4-8-17)13-18-9-5-2-6-10-18/h1-10,19,22-23H,11-16H2/t19-/m0/s1. The molecule has 1 aliphatic rings. The molecule has 2 aromatic rings. The van der Waals surface area contributed by atoms with E-state index in [2.05, 4.69) is 53.4 Å². The molecule has 0 aromatic heterocycles. The molecule has 0 radical (unpaired) electrons. The molecule has 3 nitrogen and oxygen atoms in total. The number of nitrogens with zero attached hydrogens (tertiary/aromatic N) is 1. The molecule has 0 saturated heterocycles. The molecular formula is C20H25NO2. The molecule has 3 heteroatoms. The first-order chi connectivity index (χ1) is 11.3. The summed E-state index contributed by atoms with van der Waals surface area (Å²) in [6, 6.07) is 20.9. The van der Waals surface area contributed by atoms with E-state index in [0.29, 0.717) is 5.92 Å². The first-order valence-corrected chi connectivity index (χ1v) is 8.28. The third-order valence-electron chi connectivity index (χ3n) is 4.97. The van der Waals surface area contributed by atoms with Gasteiger partial charge >= 0.3 is 0 Å². The molecule has 23 heavy (non-hydrogen) atoms. The topological polar surface area (TPSA) is 43.7 Å². The molecule has 1 atom stereocenters. The fourth-order valence-corrected chi connectivity index (χ4v) is 3.31. The molecule has 122 valence electrons. The SMILES string of the molecule is OCC1(CO)C[C@H]1CN(Cc1ccccc1)Cc1ccccc1. The third kappa shape index (κ3) is 3.99. The Labute approximate surface area is 138 Å². The van der Waals surface area contributed by atoms with Crippen LogP contribution in [0.3, 0.4) is 0 Å². The van der Waals surface area contributed by atoms with Crippen LogP contribution < -0.4 is 0 Å². The zero-order chi connectivity index (χ0) is 16.1. The molecule has 2 N–H and O–H groups in total. The fraction of sp³-hybridized carbons (Fsp3) is 0.400. The van der Waals surface area contributed by atoms with Crippen molar-refractivity contribution in [2.24, 2.45) is 11.3 Å². The van der Waals surface area contributed by atoms with Crippen molar-refractivity contribution in [3.63, 3.8) is 0 Å². The molecule has 2 aromatic carbocycles. The van der Waals surface area contributed by atoms with E-state index in [1.54, 1.807) is 0 Å². The number of rotatable bonds is 8. The minimum absolute atomic E-state index is 0.0820. The van der Waals surface area contributed by atoms with Gasteiger partial charge in [0.1, 0.15) is 0 Å². The first-order valence-electron chi connectivity index (χ1n) is 8.28. The van der Waals surface area contributed by atoms with Crippen molar-refractivity contribution in [2.75, 3.05) is 19.8 Å². The number of hydrogen-bond acceptors (Lipinski definition) is 3. The van der Waals surface area contributed by atoms with Gasteiger partial charge in [-0.25, -0.2) is 0 Å². The summed E-state index contributed by atoms with van der Waals surface area (Å²) in [7, 11) is 0. The summed E-state index contributed by atoms with van der Waals surface area (Å²) in [6.45, 7) is 2.85. The van der Waals surface area contributed by atoms with Crippen LogP contribution in [-0.4, -0.2) is 34.9 Å². The van der Waals surface area contributed by atoms with Gasteiger partial charge in [-0.05, 0) is 23.5 Å². The summed E-state index contributed by atoms with van der Waals surface area (Å²) in [5, 5.41) is 19.1. The van der Waals surface area contributed by atoms with E-state index in [1.807, 2.05) is 12.1 Å². The lowest BCUT2D eigenvalue weighted by molar-refractivity contribution is 0.111. The number of aliphatic hydroxyl groups excluding tert-OH is 2. The van der Waals surface area contributed by atoms with Gasteiger partial charge in [-0.1, -0.05) is 60.7 Å². The first kappa shape index (κ1) is 16.2. The molecule has 3 rings (SSSR count). The maximum atomic E-state index is 9.54. The second kappa shape index (κ2) is 7.26. The lowest BCUT2D eigenvalue weighted by Crippen LogP contribution is -2.28. The van der Waals surface area contributed by atoms with E-state index in [1.165, 1.54) is 11.1 Å². The summed E-state index contributed by atoms with van der Waals surface area (Å²) in [5.41, 5.74) is 2.33. The van der Waals surface area contributed by atoms with Crippen LogP contribution in [0, 0.1) is 11.3 Å². The summed E-state index contributed by atoms with van der Waals surface area (Å²) >= 11 is 0. The van der Waals surface area contributed by atoms with Crippen LogP contribution in [0.25, 0.3) is 0 Å². The van der Waals surface area contributed by atoms with Gasteiger partial charge < -0.3 is 10.2 Å². The van der Waals surface area contributed by atoms with Gasteiger partial charge in [-0.3, -0.25) is 4.90 Å². The van der Waals surface area contributed by atoms with Gasteiger partial charge in [-0.2, -0.15) is 0 Å². The van der Waals surface area contributed by atoms with Crippen molar-refractivity contribution in [3.8, 4) is 0 Å². The van der Waals surface area contributed by atoms with Crippen LogP contribution in [0.1, 0.15) is 17.5 Å². The Kier molecular flexibility index (Phi) is 5.11. The second-order valence-corrected chi connectivity index (χ2v) is 6.72. The lowest BCUT2D eigenvalue weighted by Gasteiger charge is -2.24. The van der Waals surface area contributed by atoms with E-state index in [9.17, 15) is 10.2 Å². The zero-order valence-electron chi connectivity index (χ0n) is 13.4. The average Bonchev–Trinajstić information content (AvgIpc) is 3.30. The summed E-state index contributed by atoms with van der Waals surface area (Å²) in [6.07, 6.45) is 0.917. The van der Waals surface area contributed by atoms with E-state index >= 15 is 0 Å². The Morgan fingerprint density at radius 3 is 1.70 bits per heavy atom. The van der Waals surface area contributed by atoms with Crippen molar-refractivity contribution < 1.29 is 10.2 Å². The molecule has 0 spiro atoms. The highest BCUT2D eigenvalue weighted by atomic mass is 16.3. The van der Waals surface area contributed by atoms with Gasteiger partial charge in [0, 0.05) is 25.0 Å². The van der Waals surface area contributed by atoms with Gasteiger partial charge in [0.25, 0.3) is 0 Å². The average molecular weight is 311 g/mol. The van der Waals surface area contributed by atoms with Gasteiger partial charge in [0.05, 0.1) is 13.2 Å². The smallest absolute Gasteiger partial charge is 0.0512 e. The van der Waals surface area contributed by atoms with Crippen molar-refractivity contribution in [1.82, 2.24) is 4.90 Å². The van der Waals surface area contributed by atoms with E-state index in [0.717, 1.165) is 26.1 Å². The Morgan fingerprint density at radius 2 is 1.30 bits per heavy atom. The van der Waals surface area contributed by atoms with Gasteiger partial charge in [0.15, 0.2) is 0 Å². The largest absolute Gasteiger partial charge is 0.396 e. The lowest BCUT2D eigenvalue weighted by atomic mass is 10.1. The normalized spacial score (nSPS) is 19.0. The van der Waals surface area contributed by atoms with Crippen LogP contribution in [0.15, 0.2) is 60.7 Å². The van der Waals surface area contributed by atoms with Crippen LogP contribution in [-0.2, 0) is 13.1 Å². The summed E-state index contributed by atoms with van der Waals surface area (Å²) in [4.78, 5) is 2.42. The third-order valence-corrected chi connectivity index (χ3v) is 4.97. The minimum Gasteiger partial charge on any atom is -0.396 e. The molecular weight excluding hydrogens is 286 g/mol. The fourth-order valence-electron chi connectivity index (χ4n) is 3.31. The zero-order valence-corrected chi connectivity index (χ0v) is 13.4. The van der Waals surface area contributed by atoms with Gasteiger partial charge in [-0.15, -0.1) is 0 Å². The monoisotopic (exact) mass is 311 g/mol. The molecule has 0 unspecified atom stereocenters. The minimum atomic E-state index is -0.258. The second-order valence-electron chi connectivity index (χ2n) is 6.72. The highest BCUT2D eigenvalue weighted by Gasteiger charge is 2.53. The maximum absolute atomic E-state index is 9.54.